The van der Waals surface area contributed by atoms with Crippen LogP contribution in [0.25, 0.3) is 0 Å². The first-order valence-electron chi connectivity index (χ1n) is 3.44. The normalized spacial score (nSPS) is 36.3. The first-order valence-corrected chi connectivity index (χ1v) is 5.27. The van der Waals surface area contributed by atoms with Gasteiger partial charge in [-0.3, -0.25) is 0 Å². The van der Waals surface area contributed by atoms with Gasteiger partial charge in [0.05, 0.1) is 12.2 Å². The molecule has 1 aliphatic heterocycles. The van der Waals surface area contributed by atoms with E-state index < -0.39 is 0 Å². The summed E-state index contributed by atoms with van der Waals surface area (Å²) in [5.74, 6) is 0. The Labute approximate surface area is 71.2 Å². The highest BCUT2D eigenvalue weighted by Crippen LogP contribution is 2.20. The second kappa shape index (κ2) is 3.85. The molecule has 0 saturated carbocycles. The van der Waals surface area contributed by atoms with Gasteiger partial charge in [0, 0.05) is 13.1 Å². The Kier molecular flexibility index (Phi) is 3.36. The Hall–Kier alpha value is 0.620. The molecule has 1 fully saturated rings. The molecular weight excluding hydrogens is 166 g/mol. The zero-order valence-electron chi connectivity index (χ0n) is 6.28. The second-order valence-electron chi connectivity index (χ2n) is 2.69. The predicted molar refractivity (Wildman–Crippen MR) is 48.2 cm³/mol. The van der Waals surface area contributed by atoms with Crippen LogP contribution in [0.2, 0.25) is 0 Å². The Balaban J connectivity index is 2.35. The van der Waals surface area contributed by atoms with Crippen LogP contribution >= 0.6 is 22.6 Å². The lowest BCUT2D eigenvalue weighted by molar-refractivity contribution is -0.0410. The quantitative estimate of drug-likeness (QED) is 0.373. The van der Waals surface area contributed by atoms with Crippen molar-refractivity contribution in [3.63, 3.8) is 0 Å². The lowest BCUT2D eigenvalue weighted by Gasteiger charge is -2.32. The van der Waals surface area contributed by atoms with Crippen molar-refractivity contribution in [1.29, 1.82) is 0 Å². The Bertz CT molecular complexity index is 102. The SMILES string of the molecule is CC1CN(SS)CC(C)O1. The molecule has 0 aliphatic carbocycles. The van der Waals surface area contributed by atoms with Gasteiger partial charge in [-0.25, -0.2) is 4.31 Å². The fourth-order valence-corrected chi connectivity index (χ4v) is 2.15. The van der Waals surface area contributed by atoms with E-state index in [1.54, 1.807) is 0 Å². The van der Waals surface area contributed by atoms with Crippen LogP contribution in [-0.2, 0) is 4.74 Å². The van der Waals surface area contributed by atoms with Crippen LogP contribution < -0.4 is 0 Å². The summed E-state index contributed by atoms with van der Waals surface area (Å²) in [5.41, 5.74) is 0. The van der Waals surface area contributed by atoms with Gasteiger partial charge in [0.25, 0.3) is 0 Å². The van der Waals surface area contributed by atoms with E-state index in [1.165, 1.54) is 11.0 Å². The van der Waals surface area contributed by atoms with Gasteiger partial charge in [0.15, 0.2) is 0 Å². The highest BCUT2D eigenvalue weighted by atomic mass is 33.1. The van der Waals surface area contributed by atoms with Crippen molar-refractivity contribution in [2.45, 2.75) is 26.1 Å². The number of thiol groups is 1. The Morgan fingerprint density at radius 1 is 1.40 bits per heavy atom. The minimum Gasteiger partial charge on any atom is -0.373 e. The van der Waals surface area contributed by atoms with E-state index in [4.69, 9.17) is 4.74 Å². The third-order valence-electron chi connectivity index (χ3n) is 1.50. The van der Waals surface area contributed by atoms with E-state index in [-0.39, 0.29) is 0 Å². The van der Waals surface area contributed by atoms with Crippen LogP contribution in [0, 0.1) is 0 Å². The van der Waals surface area contributed by atoms with E-state index in [1.807, 2.05) is 0 Å². The Morgan fingerprint density at radius 3 is 2.30 bits per heavy atom. The van der Waals surface area contributed by atoms with Gasteiger partial charge in [-0.05, 0) is 24.8 Å². The first kappa shape index (κ1) is 8.71. The molecule has 4 heteroatoms. The third-order valence-corrected chi connectivity index (χ3v) is 2.72. The van der Waals surface area contributed by atoms with Crippen LogP contribution in [0.1, 0.15) is 13.8 Å². The van der Waals surface area contributed by atoms with Crippen molar-refractivity contribution < 1.29 is 4.74 Å². The predicted octanol–water partition coefficient (Wildman–Crippen LogP) is 1.59. The fourth-order valence-electron chi connectivity index (χ4n) is 1.20. The standard InChI is InChI=1S/C6H13NOS2/c1-5-3-7(10-9)4-6(2)8-5/h5-6,9H,3-4H2,1-2H3. The molecule has 0 bridgehead atoms. The number of nitrogens with zero attached hydrogens (tertiary/aromatic N) is 1. The lowest BCUT2D eigenvalue weighted by atomic mass is 10.3. The van der Waals surface area contributed by atoms with E-state index in [0.29, 0.717) is 12.2 Å². The van der Waals surface area contributed by atoms with Crippen molar-refractivity contribution in [1.82, 2.24) is 4.31 Å². The molecule has 0 spiro atoms. The number of hydrogen-bond donors (Lipinski definition) is 1. The molecule has 60 valence electrons. The molecule has 1 rings (SSSR count). The van der Waals surface area contributed by atoms with Crippen LogP contribution in [0.4, 0.5) is 0 Å². The molecule has 0 amide bonds. The first-order chi connectivity index (χ1) is 4.72. The summed E-state index contributed by atoms with van der Waals surface area (Å²) < 4.78 is 7.74. The average molecular weight is 179 g/mol. The molecule has 0 aromatic carbocycles. The second-order valence-corrected chi connectivity index (χ2v) is 3.86. The minimum absolute atomic E-state index is 0.350. The van der Waals surface area contributed by atoms with Crippen molar-refractivity contribution in [2.75, 3.05) is 13.1 Å². The number of rotatable bonds is 1. The summed E-state index contributed by atoms with van der Waals surface area (Å²) in [7, 11) is 1.50. The molecule has 0 aromatic heterocycles. The molecule has 2 nitrogen and oxygen atoms in total. The van der Waals surface area contributed by atoms with Gasteiger partial charge in [0.1, 0.15) is 0 Å². The fraction of sp³-hybridized carbons (Fsp3) is 1.00. The summed E-state index contributed by atoms with van der Waals surface area (Å²) in [4.78, 5) is 0. The smallest absolute Gasteiger partial charge is 0.0687 e. The van der Waals surface area contributed by atoms with E-state index in [9.17, 15) is 0 Å². The van der Waals surface area contributed by atoms with Crippen molar-refractivity contribution >= 4 is 22.6 Å². The van der Waals surface area contributed by atoms with Crippen LogP contribution in [0.15, 0.2) is 0 Å². The molecule has 1 saturated heterocycles. The van der Waals surface area contributed by atoms with Crippen LogP contribution in [-0.4, -0.2) is 29.6 Å². The zero-order valence-corrected chi connectivity index (χ0v) is 7.99. The average Bonchev–Trinajstić information content (AvgIpc) is 1.85. The van der Waals surface area contributed by atoms with Crippen molar-refractivity contribution in [3.8, 4) is 0 Å². The third kappa shape index (κ3) is 2.34. The molecule has 0 radical (unpaired) electrons. The van der Waals surface area contributed by atoms with Crippen molar-refractivity contribution in [2.24, 2.45) is 0 Å². The molecule has 2 unspecified atom stereocenters. The largest absolute Gasteiger partial charge is 0.373 e. The maximum absolute atomic E-state index is 5.53. The van der Waals surface area contributed by atoms with E-state index in [0.717, 1.165) is 13.1 Å². The van der Waals surface area contributed by atoms with Gasteiger partial charge in [-0.2, -0.15) is 0 Å². The molecule has 1 heterocycles. The topological polar surface area (TPSA) is 12.5 Å². The molecular formula is C6H13NOS2. The minimum atomic E-state index is 0.350. The zero-order chi connectivity index (χ0) is 7.56. The molecule has 1 aliphatic rings. The molecule has 10 heavy (non-hydrogen) atoms. The van der Waals surface area contributed by atoms with Gasteiger partial charge in [0.2, 0.25) is 0 Å². The van der Waals surface area contributed by atoms with E-state index in [2.05, 4.69) is 29.8 Å². The number of morpholine rings is 1. The lowest BCUT2D eigenvalue weighted by Crippen LogP contribution is -2.41. The van der Waals surface area contributed by atoms with Gasteiger partial charge in [-0.1, -0.05) is 11.7 Å². The van der Waals surface area contributed by atoms with Crippen LogP contribution in [0.5, 0.6) is 0 Å². The molecule has 0 N–H and O–H groups in total. The molecule has 2 atom stereocenters. The highest BCUT2D eigenvalue weighted by molar-refractivity contribution is 8.67. The maximum Gasteiger partial charge on any atom is 0.0687 e. The van der Waals surface area contributed by atoms with Crippen molar-refractivity contribution in [3.05, 3.63) is 0 Å². The number of ether oxygens (including phenoxy) is 1. The van der Waals surface area contributed by atoms with Crippen LogP contribution in [0.3, 0.4) is 0 Å². The monoisotopic (exact) mass is 179 g/mol. The highest BCUT2D eigenvalue weighted by Gasteiger charge is 2.21. The molecule has 0 aromatic rings. The summed E-state index contributed by atoms with van der Waals surface area (Å²) >= 11 is 4.13. The summed E-state index contributed by atoms with van der Waals surface area (Å²) in [6, 6.07) is 0. The van der Waals surface area contributed by atoms with E-state index >= 15 is 0 Å². The van der Waals surface area contributed by atoms with Gasteiger partial charge in [-0.15, -0.1) is 0 Å². The van der Waals surface area contributed by atoms with Gasteiger partial charge < -0.3 is 4.74 Å². The maximum atomic E-state index is 5.53. The number of hydrogen-bond acceptors (Lipinski definition) is 4. The summed E-state index contributed by atoms with van der Waals surface area (Å²) in [5, 5.41) is 0. The van der Waals surface area contributed by atoms with Gasteiger partial charge >= 0.3 is 0 Å². The Morgan fingerprint density at radius 2 is 1.90 bits per heavy atom. The summed E-state index contributed by atoms with van der Waals surface area (Å²) in [6.07, 6.45) is 0.701. The summed E-state index contributed by atoms with van der Waals surface area (Å²) in [6.45, 7) is 6.15.